The number of rotatable bonds is 6. The van der Waals surface area contributed by atoms with Gasteiger partial charge in [-0.05, 0) is 31.2 Å². The first-order chi connectivity index (χ1) is 13.5. The van der Waals surface area contributed by atoms with Crippen LogP contribution in [0.25, 0.3) is 0 Å². The minimum atomic E-state index is -1.60. The highest BCUT2D eigenvalue weighted by Crippen LogP contribution is 2.24. The second-order valence-electron chi connectivity index (χ2n) is 5.40. The molecule has 0 atom stereocenters. The van der Waals surface area contributed by atoms with Gasteiger partial charge in [-0.3, -0.25) is 0 Å². The Balaban J connectivity index is 1.84. The molecule has 0 aliphatic rings. The minimum Gasteiger partial charge on any atom is -0.462 e. The number of hydrogen-bond acceptors (Lipinski definition) is 7. The number of esters is 1. The van der Waals surface area contributed by atoms with E-state index in [1.807, 2.05) is 0 Å². The number of para-hydroxylation sites is 1. The summed E-state index contributed by atoms with van der Waals surface area (Å²) in [5, 5.41) is 12.8. The summed E-state index contributed by atoms with van der Waals surface area (Å²) in [7, 11) is 0. The Kier molecular flexibility index (Phi) is 5.68. The van der Waals surface area contributed by atoms with Crippen molar-refractivity contribution in [3.63, 3.8) is 0 Å². The maximum atomic E-state index is 13.8. The van der Waals surface area contributed by atoms with E-state index in [2.05, 4.69) is 25.8 Å². The van der Waals surface area contributed by atoms with Crippen LogP contribution in [-0.2, 0) is 4.74 Å². The maximum Gasteiger partial charge on any atom is 0.340 e. The van der Waals surface area contributed by atoms with Gasteiger partial charge in [-0.25, -0.2) is 18.0 Å². The summed E-state index contributed by atoms with van der Waals surface area (Å²) in [5.74, 6) is -4.81. The number of halogens is 3. The molecular formula is C18H14F3N5O2. The zero-order valence-electron chi connectivity index (χ0n) is 14.5. The Bertz CT molecular complexity index is 1020. The SMILES string of the molecule is CCOC(=O)c1ccccc1Nc1nncc(Nc2ccc(F)c(F)c2F)n1. The quantitative estimate of drug-likeness (QED) is 0.487. The number of anilines is 4. The third-order valence-electron chi connectivity index (χ3n) is 3.53. The van der Waals surface area contributed by atoms with Gasteiger partial charge in [0.15, 0.2) is 23.3 Å². The fourth-order valence-electron chi connectivity index (χ4n) is 2.28. The molecule has 144 valence electrons. The molecule has 10 heteroatoms. The molecule has 2 aromatic carbocycles. The summed E-state index contributed by atoms with van der Waals surface area (Å²) in [5.41, 5.74) is 0.314. The number of hydrogen-bond donors (Lipinski definition) is 2. The molecule has 0 amide bonds. The van der Waals surface area contributed by atoms with E-state index in [0.717, 1.165) is 12.1 Å². The van der Waals surface area contributed by atoms with E-state index in [1.165, 1.54) is 6.20 Å². The first kappa shape index (κ1) is 19.1. The zero-order chi connectivity index (χ0) is 20.1. The second kappa shape index (κ2) is 8.33. The molecule has 3 aromatic rings. The van der Waals surface area contributed by atoms with Crippen LogP contribution in [0, 0.1) is 17.5 Å². The lowest BCUT2D eigenvalue weighted by molar-refractivity contribution is 0.0527. The molecule has 1 aromatic heterocycles. The molecule has 0 bridgehead atoms. The van der Waals surface area contributed by atoms with E-state index in [9.17, 15) is 18.0 Å². The van der Waals surface area contributed by atoms with Crippen LogP contribution in [0.4, 0.5) is 36.3 Å². The summed E-state index contributed by atoms with van der Waals surface area (Å²) >= 11 is 0. The fourth-order valence-corrected chi connectivity index (χ4v) is 2.28. The van der Waals surface area contributed by atoms with E-state index in [0.29, 0.717) is 5.69 Å². The lowest BCUT2D eigenvalue weighted by Gasteiger charge is -2.11. The summed E-state index contributed by atoms with van der Waals surface area (Å²) in [6, 6.07) is 8.35. The van der Waals surface area contributed by atoms with E-state index >= 15 is 0 Å². The number of nitrogens with zero attached hydrogens (tertiary/aromatic N) is 3. The molecule has 3 rings (SSSR count). The van der Waals surface area contributed by atoms with Crippen LogP contribution in [0.5, 0.6) is 0 Å². The topological polar surface area (TPSA) is 89.0 Å². The summed E-state index contributed by atoms with van der Waals surface area (Å²) < 4.78 is 45.2. The fraction of sp³-hybridized carbons (Fsp3) is 0.111. The Morgan fingerprint density at radius 3 is 2.61 bits per heavy atom. The largest absolute Gasteiger partial charge is 0.462 e. The van der Waals surface area contributed by atoms with Gasteiger partial charge in [0.25, 0.3) is 0 Å². The Morgan fingerprint density at radius 1 is 1.04 bits per heavy atom. The molecule has 7 nitrogen and oxygen atoms in total. The van der Waals surface area contributed by atoms with Gasteiger partial charge < -0.3 is 15.4 Å². The molecule has 28 heavy (non-hydrogen) atoms. The van der Waals surface area contributed by atoms with Gasteiger partial charge in [-0.15, -0.1) is 5.10 Å². The van der Waals surface area contributed by atoms with Crippen molar-refractivity contribution in [1.29, 1.82) is 0 Å². The first-order valence-corrected chi connectivity index (χ1v) is 8.13. The van der Waals surface area contributed by atoms with E-state index < -0.39 is 23.4 Å². The van der Waals surface area contributed by atoms with Crippen molar-refractivity contribution in [2.24, 2.45) is 0 Å². The highest BCUT2D eigenvalue weighted by Gasteiger charge is 2.15. The highest BCUT2D eigenvalue weighted by atomic mass is 19.2. The molecule has 0 spiro atoms. The normalized spacial score (nSPS) is 10.4. The third-order valence-corrected chi connectivity index (χ3v) is 3.53. The highest BCUT2D eigenvalue weighted by molar-refractivity contribution is 5.96. The van der Waals surface area contributed by atoms with Crippen LogP contribution < -0.4 is 10.6 Å². The molecular weight excluding hydrogens is 375 g/mol. The molecule has 0 radical (unpaired) electrons. The summed E-state index contributed by atoms with van der Waals surface area (Å²) in [6.45, 7) is 1.90. The van der Waals surface area contributed by atoms with Crippen LogP contribution in [0.3, 0.4) is 0 Å². The number of benzene rings is 2. The van der Waals surface area contributed by atoms with Gasteiger partial charge >= 0.3 is 5.97 Å². The lowest BCUT2D eigenvalue weighted by Crippen LogP contribution is -2.09. The van der Waals surface area contributed by atoms with Crippen molar-refractivity contribution in [3.8, 4) is 0 Å². The van der Waals surface area contributed by atoms with Crippen LogP contribution in [-0.4, -0.2) is 27.8 Å². The van der Waals surface area contributed by atoms with Crippen molar-refractivity contribution in [1.82, 2.24) is 15.2 Å². The lowest BCUT2D eigenvalue weighted by atomic mass is 10.2. The minimum absolute atomic E-state index is 0.00950. The molecule has 0 aliphatic heterocycles. The zero-order valence-corrected chi connectivity index (χ0v) is 14.5. The average molecular weight is 389 g/mol. The molecule has 0 unspecified atom stereocenters. The molecule has 0 fully saturated rings. The second-order valence-corrected chi connectivity index (χ2v) is 5.40. The van der Waals surface area contributed by atoms with E-state index in [1.54, 1.807) is 31.2 Å². The number of carbonyl (C=O) groups excluding carboxylic acids is 1. The third kappa shape index (κ3) is 4.17. The number of nitrogens with one attached hydrogen (secondary N) is 2. The van der Waals surface area contributed by atoms with Crippen molar-refractivity contribution in [2.45, 2.75) is 6.92 Å². The Hall–Kier alpha value is -3.69. The Labute approximate surface area is 157 Å². The smallest absolute Gasteiger partial charge is 0.340 e. The van der Waals surface area contributed by atoms with Crippen molar-refractivity contribution >= 4 is 29.1 Å². The molecule has 2 N–H and O–H groups in total. The average Bonchev–Trinajstić information content (AvgIpc) is 2.69. The molecule has 1 heterocycles. The summed E-state index contributed by atoms with van der Waals surface area (Å²) in [4.78, 5) is 16.1. The maximum absolute atomic E-state index is 13.8. The molecule has 0 aliphatic carbocycles. The number of aromatic nitrogens is 3. The van der Waals surface area contributed by atoms with Crippen LogP contribution >= 0.6 is 0 Å². The molecule has 0 saturated heterocycles. The monoisotopic (exact) mass is 389 g/mol. The van der Waals surface area contributed by atoms with Gasteiger partial charge in [0.1, 0.15) is 0 Å². The first-order valence-electron chi connectivity index (χ1n) is 8.13. The van der Waals surface area contributed by atoms with Gasteiger partial charge in [-0.1, -0.05) is 12.1 Å². The van der Waals surface area contributed by atoms with Crippen LogP contribution in [0.1, 0.15) is 17.3 Å². The van der Waals surface area contributed by atoms with E-state index in [4.69, 9.17) is 4.74 Å². The van der Waals surface area contributed by atoms with Gasteiger partial charge in [0.2, 0.25) is 5.95 Å². The molecule has 0 saturated carbocycles. The number of ether oxygens (including phenoxy) is 1. The summed E-state index contributed by atoms with van der Waals surface area (Å²) in [6.07, 6.45) is 1.17. The Morgan fingerprint density at radius 2 is 1.82 bits per heavy atom. The predicted molar refractivity (Wildman–Crippen MR) is 95.1 cm³/mol. The van der Waals surface area contributed by atoms with Crippen molar-refractivity contribution in [2.75, 3.05) is 17.2 Å². The number of carbonyl (C=O) groups is 1. The van der Waals surface area contributed by atoms with Gasteiger partial charge in [0.05, 0.1) is 29.7 Å². The van der Waals surface area contributed by atoms with Gasteiger partial charge in [-0.2, -0.15) is 10.1 Å². The van der Waals surface area contributed by atoms with Crippen molar-refractivity contribution in [3.05, 3.63) is 65.6 Å². The van der Waals surface area contributed by atoms with Crippen LogP contribution in [0.15, 0.2) is 42.6 Å². The van der Waals surface area contributed by atoms with E-state index in [-0.39, 0.29) is 29.6 Å². The predicted octanol–water partition coefficient (Wildman–Crippen LogP) is 3.95. The van der Waals surface area contributed by atoms with Crippen LogP contribution in [0.2, 0.25) is 0 Å². The van der Waals surface area contributed by atoms with Crippen molar-refractivity contribution < 1.29 is 22.7 Å². The van der Waals surface area contributed by atoms with Gasteiger partial charge in [0, 0.05) is 0 Å². The standard InChI is InChI=1S/C18H14F3N5O2/c1-2-28-17(27)10-5-3-4-6-12(10)24-18-25-14(9-22-26-18)23-13-8-7-11(19)15(20)16(13)21/h3-9H,2H2,1H3,(H2,23,24,25,26).